The van der Waals surface area contributed by atoms with E-state index in [0.29, 0.717) is 5.82 Å². The minimum atomic E-state index is -0.512. The lowest BCUT2D eigenvalue weighted by molar-refractivity contribution is 0.243. The number of carbonyl (C=O) groups excluding carboxylic acids is 1. The summed E-state index contributed by atoms with van der Waals surface area (Å²) < 4.78 is 14.6. The van der Waals surface area contributed by atoms with Crippen LogP contribution in [-0.4, -0.2) is 25.8 Å². The van der Waals surface area contributed by atoms with Crippen LogP contribution in [0.3, 0.4) is 0 Å². The second kappa shape index (κ2) is 6.29. The van der Waals surface area contributed by atoms with Crippen LogP contribution in [0.25, 0.3) is 0 Å². The van der Waals surface area contributed by atoms with Gasteiger partial charge in [0.05, 0.1) is 24.1 Å². The molecule has 1 unspecified atom stereocenters. The van der Waals surface area contributed by atoms with Crippen molar-refractivity contribution in [3.05, 3.63) is 36.4 Å². The van der Waals surface area contributed by atoms with E-state index in [1.54, 1.807) is 11.7 Å². The Kier molecular flexibility index (Phi) is 4.46. The van der Waals surface area contributed by atoms with Crippen LogP contribution in [0.15, 0.2) is 24.8 Å². The predicted molar refractivity (Wildman–Crippen MR) is 74.9 cm³/mol. The monoisotopic (exact) mass is 292 g/mol. The first kappa shape index (κ1) is 14.9. The van der Waals surface area contributed by atoms with Crippen molar-refractivity contribution in [3.8, 4) is 0 Å². The zero-order chi connectivity index (χ0) is 15.4. The number of amides is 2. The fourth-order valence-corrected chi connectivity index (χ4v) is 1.90. The molecule has 2 amide bonds. The van der Waals surface area contributed by atoms with Crippen molar-refractivity contribution in [2.24, 2.45) is 13.0 Å². The summed E-state index contributed by atoms with van der Waals surface area (Å²) in [6.07, 6.45) is 3.87. The molecule has 0 spiro atoms. The molecule has 0 aromatic carbocycles. The zero-order valence-electron chi connectivity index (χ0n) is 12.0. The lowest BCUT2D eigenvalue weighted by Crippen LogP contribution is -2.36. The van der Waals surface area contributed by atoms with Crippen LogP contribution in [-0.2, 0) is 7.05 Å². The lowest BCUT2D eigenvalue weighted by Gasteiger charge is -2.21. The van der Waals surface area contributed by atoms with Gasteiger partial charge in [-0.3, -0.25) is 9.67 Å². The third-order valence-electron chi connectivity index (χ3n) is 2.94. The molecular weight excluding hydrogens is 275 g/mol. The van der Waals surface area contributed by atoms with Crippen LogP contribution in [0.4, 0.5) is 14.9 Å². The van der Waals surface area contributed by atoms with Crippen molar-refractivity contribution in [2.45, 2.75) is 19.9 Å². The number of hydrogen-bond acceptors (Lipinski definition) is 4. The second-order valence-electron chi connectivity index (χ2n) is 4.95. The number of rotatable bonds is 4. The van der Waals surface area contributed by atoms with Crippen molar-refractivity contribution in [1.29, 1.82) is 0 Å². The highest BCUT2D eigenvalue weighted by Gasteiger charge is 2.22. The van der Waals surface area contributed by atoms with E-state index in [0.717, 1.165) is 6.20 Å². The summed E-state index contributed by atoms with van der Waals surface area (Å²) in [5, 5.41) is 9.34. The molecule has 1 atom stereocenters. The van der Waals surface area contributed by atoms with Gasteiger partial charge in [-0.05, 0) is 5.92 Å². The largest absolute Gasteiger partial charge is 0.328 e. The molecule has 21 heavy (non-hydrogen) atoms. The highest BCUT2D eigenvalue weighted by molar-refractivity contribution is 5.89. The van der Waals surface area contributed by atoms with E-state index < -0.39 is 11.8 Å². The molecule has 0 saturated carbocycles. The molecule has 2 N–H and O–H groups in total. The molecular formula is C13H17FN6O. The van der Waals surface area contributed by atoms with Gasteiger partial charge in [0.25, 0.3) is 0 Å². The van der Waals surface area contributed by atoms with Gasteiger partial charge in [-0.25, -0.2) is 14.2 Å². The first-order valence-electron chi connectivity index (χ1n) is 6.49. The van der Waals surface area contributed by atoms with Gasteiger partial charge in [-0.15, -0.1) is 0 Å². The van der Waals surface area contributed by atoms with Crippen molar-refractivity contribution in [2.75, 3.05) is 5.32 Å². The number of pyridine rings is 1. The third-order valence-corrected chi connectivity index (χ3v) is 2.94. The first-order valence-corrected chi connectivity index (χ1v) is 6.49. The Morgan fingerprint density at radius 3 is 2.71 bits per heavy atom. The van der Waals surface area contributed by atoms with Crippen LogP contribution in [0.1, 0.15) is 25.7 Å². The lowest BCUT2D eigenvalue weighted by atomic mass is 10.0. The van der Waals surface area contributed by atoms with Crippen LogP contribution < -0.4 is 10.6 Å². The summed E-state index contributed by atoms with van der Waals surface area (Å²) in [7, 11) is 1.76. The summed E-state index contributed by atoms with van der Waals surface area (Å²) in [6.45, 7) is 3.92. The van der Waals surface area contributed by atoms with Crippen LogP contribution in [0, 0.1) is 11.7 Å². The van der Waals surface area contributed by atoms with E-state index in [2.05, 4.69) is 25.7 Å². The SMILES string of the molecule is CC(C)C(NC(=O)Nc1cncc(F)c1)c1ncnn1C. The van der Waals surface area contributed by atoms with Gasteiger partial charge in [0, 0.05) is 13.1 Å². The zero-order valence-corrected chi connectivity index (χ0v) is 12.0. The van der Waals surface area contributed by atoms with Crippen LogP contribution in [0.5, 0.6) is 0 Å². The van der Waals surface area contributed by atoms with E-state index >= 15 is 0 Å². The fourth-order valence-electron chi connectivity index (χ4n) is 1.90. The van der Waals surface area contributed by atoms with Crippen LogP contribution >= 0.6 is 0 Å². The Morgan fingerprint density at radius 2 is 2.14 bits per heavy atom. The molecule has 2 rings (SSSR count). The van der Waals surface area contributed by atoms with Gasteiger partial charge < -0.3 is 10.6 Å². The van der Waals surface area contributed by atoms with Gasteiger partial charge in [-0.2, -0.15) is 5.10 Å². The molecule has 7 nitrogen and oxygen atoms in total. The predicted octanol–water partition coefficient (Wildman–Crippen LogP) is 1.87. The van der Waals surface area contributed by atoms with E-state index in [1.165, 1.54) is 18.6 Å². The maximum absolute atomic E-state index is 13.0. The Morgan fingerprint density at radius 1 is 1.38 bits per heavy atom. The average molecular weight is 292 g/mol. The van der Waals surface area contributed by atoms with E-state index in [4.69, 9.17) is 0 Å². The Bertz CT molecular complexity index is 627. The summed E-state index contributed by atoms with van der Waals surface area (Å²) in [4.78, 5) is 19.8. The molecule has 2 aromatic heterocycles. The van der Waals surface area contributed by atoms with Gasteiger partial charge in [-0.1, -0.05) is 13.8 Å². The van der Waals surface area contributed by atoms with Gasteiger partial charge in [0.2, 0.25) is 0 Å². The van der Waals surface area contributed by atoms with Crippen molar-refractivity contribution in [1.82, 2.24) is 25.1 Å². The topological polar surface area (TPSA) is 84.7 Å². The molecule has 0 bridgehead atoms. The minimum absolute atomic E-state index is 0.115. The van der Waals surface area contributed by atoms with Crippen molar-refractivity contribution < 1.29 is 9.18 Å². The number of aromatic nitrogens is 4. The van der Waals surface area contributed by atoms with Gasteiger partial charge >= 0.3 is 6.03 Å². The smallest absolute Gasteiger partial charge is 0.319 e. The highest BCUT2D eigenvalue weighted by atomic mass is 19.1. The summed E-state index contributed by atoms with van der Waals surface area (Å²) >= 11 is 0. The summed E-state index contributed by atoms with van der Waals surface area (Å²) in [5.41, 5.74) is 0.285. The standard InChI is InChI=1S/C13H17FN6O/c1-8(2)11(12-16-7-17-20(12)3)19-13(21)18-10-4-9(14)5-15-6-10/h4-8,11H,1-3H3,(H2,18,19,21). The molecule has 0 radical (unpaired) electrons. The van der Waals surface area contributed by atoms with Crippen molar-refractivity contribution >= 4 is 11.7 Å². The van der Waals surface area contributed by atoms with Crippen LogP contribution in [0.2, 0.25) is 0 Å². The molecule has 0 aliphatic rings. The maximum Gasteiger partial charge on any atom is 0.319 e. The number of nitrogens with zero attached hydrogens (tertiary/aromatic N) is 4. The normalized spacial score (nSPS) is 12.2. The number of aryl methyl sites for hydroxylation is 1. The molecule has 0 aliphatic carbocycles. The Hall–Kier alpha value is -2.51. The molecule has 8 heteroatoms. The molecule has 2 aromatic rings. The minimum Gasteiger partial charge on any atom is -0.328 e. The molecule has 2 heterocycles. The Labute approximate surface area is 121 Å². The molecule has 112 valence electrons. The third kappa shape index (κ3) is 3.74. The van der Waals surface area contributed by atoms with E-state index in [9.17, 15) is 9.18 Å². The second-order valence-corrected chi connectivity index (χ2v) is 4.95. The summed E-state index contributed by atoms with van der Waals surface area (Å²) in [5.74, 6) is 0.253. The molecule has 0 aliphatic heterocycles. The summed E-state index contributed by atoms with van der Waals surface area (Å²) in [6, 6.07) is 0.433. The Balaban J connectivity index is 2.07. The quantitative estimate of drug-likeness (QED) is 0.901. The number of carbonyl (C=O) groups is 1. The number of anilines is 1. The van der Waals surface area contributed by atoms with Gasteiger partial charge in [0.1, 0.15) is 18.0 Å². The molecule has 0 saturated heterocycles. The van der Waals surface area contributed by atoms with E-state index in [1.807, 2.05) is 13.8 Å². The van der Waals surface area contributed by atoms with E-state index in [-0.39, 0.29) is 17.6 Å². The number of hydrogen-bond donors (Lipinski definition) is 2. The number of halogens is 1. The average Bonchev–Trinajstić information content (AvgIpc) is 2.81. The number of urea groups is 1. The van der Waals surface area contributed by atoms with Gasteiger partial charge in [0.15, 0.2) is 0 Å². The number of nitrogens with one attached hydrogen (secondary N) is 2. The maximum atomic E-state index is 13.0. The molecule has 0 fully saturated rings. The highest BCUT2D eigenvalue weighted by Crippen LogP contribution is 2.19. The van der Waals surface area contributed by atoms with Crippen molar-refractivity contribution in [3.63, 3.8) is 0 Å². The fraction of sp³-hybridized carbons (Fsp3) is 0.385. The first-order chi connectivity index (χ1) is 9.97.